The van der Waals surface area contributed by atoms with Crippen molar-refractivity contribution in [3.05, 3.63) is 52.0 Å². The highest BCUT2D eigenvalue weighted by Crippen LogP contribution is 2.20. The summed E-state index contributed by atoms with van der Waals surface area (Å²) in [5.41, 5.74) is 6.18. The van der Waals surface area contributed by atoms with Crippen molar-refractivity contribution in [2.24, 2.45) is 0 Å². The van der Waals surface area contributed by atoms with Crippen LogP contribution in [-0.2, 0) is 19.3 Å². The lowest BCUT2D eigenvalue weighted by Gasteiger charge is -2.25. The van der Waals surface area contributed by atoms with Crippen molar-refractivity contribution in [1.82, 2.24) is 10.3 Å². The van der Waals surface area contributed by atoms with Crippen LogP contribution in [0.25, 0.3) is 0 Å². The highest BCUT2D eigenvalue weighted by Gasteiger charge is 2.17. The number of fused-ring (bicyclic) bond motifs is 1. The van der Waals surface area contributed by atoms with Gasteiger partial charge in [-0.1, -0.05) is 24.3 Å². The van der Waals surface area contributed by atoms with Gasteiger partial charge >= 0.3 is 0 Å². The Kier molecular flexibility index (Phi) is 3.72. The van der Waals surface area contributed by atoms with E-state index in [2.05, 4.69) is 39.9 Å². The van der Waals surface area contributed by atoms with E-state index in [1.165, 1.54) is 36.1 Å². The minimum atomic E-state index is 0.638. The molecule has 0 amide bonds. The highest BCUT2D eigenvalue weighted by atomic mass is 32.1. The lowest BCUT2D eigenvalue weighted by atomic mass is 9.88. The van der Waals surface area contributed by atoms with E-state index in [9.17, 15) is 0 Å². The molecule has 0 radical (unpaired) electrons. The van der Waals surface area contributed by atoms with Crippen molar-refractivity contribution >= 4 is 11.3 Å². The van der Waals surface area contributed by atoms with E-state index >= 15 is 0 Å². The first kappa shape index (κ1) is 11.9. The maximum absolute atomic E-state index is 4.31. The van der Waals surface area contributed by atoms with Crippen LogP contribution in [0.4, 0.5) is 0 Å². The van der Waals surface area contributed by atoms with Crippen molar-refractivity contribution in [3.8, 4) is 0 Å². The molecule has 1 heterocycles. The van der Waals surface area contributed by atoms with Crippen LogP contribution >= 0.6 is 11.3 Å². The van der Waals surface area contributed by atoms with Gasteiger partial charge in [-0.2, -0.15) is 0 Å². The Balaban J connectivity index is 1.51. The zero-order chi connectivity index (χ0) is 12.2. The Hall–Kier alpha value is -1.19. The molecule has 1 aromatic heterocycles. The molecule has 0 saturated heterocycles. The standard InChI is InChI=1S/C15H18N2S/c1-2-4-13-9-14(6-5-12(13)3-1)16-8-7-15-10-18-11-17-15/h1-4,10-11,14,16H,5-9H2. The van der Waals surface area contributed by atoms with Crippen LogP contribution in [0.15, 0.2) is 35.2 Å². The Bertz CT molecular complexity index is 493. The maximum atomic E-state index is 4.31. The number of hydrogen-bond donors (Lipinski definition) is 1. The van der Waals surface area contributed by atoms with Crippen LogP contribution in [0, 0.1) is 0 Å². The molecule has 0 bridgehead atoms. The van der Waals surface area contributed by atoms with Crippen LogP contribution in [0.5, 0.6) is 0 Å². The SMILES string of the molecule is c1ccc2c(c1)CCC(NCCc1cscn1)C2. The second-order valence-electron chi connectivity index (χ2n) is 4.89. The summed E-state index contributed by atoms with van der Waals surface area (Å²) in [6.45, 7) is 1.04. The Morgan fingerprint density at radius 3 is 3.00 bits per heavy atom. The molecule has 0 aliphatic heterocycles. The second-order valence-corrected chi connectivity index (χ2v) is 5.61. The normalized spacial score (nSPS) is 18.6. The number of nitrogens with zero attached hydrogens (tertiary/aromatic N) is 1. The lowest BCUT2D eigenvalue weighted by molar-refractivity contribution is 0.461. The molecule has 0 saturated carbocycles. The van der Waals surface area contributed by atoms with Crippen LogP contribution in [0.3, 0.4) is 0 Å². The van der Waals surface area contributed by atoms with Gasteiger partial charge in [0.25, 0.3) is 0 Å². The average Bonchev–Trinajstić information content (AvgIpc) is 2.92. The molecule has 2 aromatic rings. The van der Waals surface area contributed by atoms with Gasteiger partial charge in [0.05, 0.1) is 11.2 Å². The van der Waals surface area contributed by atoms with Gasteiger partial charge in [-0.3, -0.25) is 0 Å². The molecular formula is C15H18N2S. The average molecular weight is 258 g/mol. The number of aromatic nitrogens is 1. The van der Waals surface area contributed by atoms with Gasteiger partial charge in [0.2, 0.25) is 0 Å². The summed E-state index contributed by atoms with van der Waals surface area (Å²) < 4.78 is 0. The summed E-state index contributed by atoms with van der Waals surface area (Å²) in [5.74, 6) is 0. The van der Waals surface area contributed by atoms with Crippen LogP contribution in [0.1, 0.15) is 23.2 Å². The molecule has 0 fully saturated rings. The Morgan fingerprint density at radius 2 is 2.17 bits per heavy atom. The molecule has 2 nitrogen and oxygen atoms in total. The monoisotopic (exact) mass is 258 g/mol. The number of thiazole rings is 1. The van der Waals surface area contributed by atoms with Gasteiger partial charge in [-0.25, -0.2) is 4.98 Å². The summed E-state index contributed by atoms with van der Waals surface area (Å²) >= 11 is 1.68. The third-order valence-electron chi connectivity index (χ3n) is 3.64. The predicted octanol–water partition coefficient (Wildman–Crippen LogP) is 2.83. The van der Waals surface area contributed by atoms with Gasteiger partial charge in [0.15, 0.2) is 0 Å². The number of aryl methyl sites for hydroxylation is 1. The summed E-state index contributed by atoms with van der Waals surface area (Å²) in [6, 6.07) is 9.47. The maximum Gasteiger partial charge on any atom is 0.0794 e. The van der Waals surface area contributed by atoms with Crippen LogP contribution < -0.4 is 5.32 Å². The first-order valence-electron chi connectivity index (χ1n) is 6.59. The molecule has 3 rings (SSSR count). The van der Waals surface area contributed by atoms with Gasteiger partial charge in [-0.05, 0) is 30.4 Å². The summed E-state index contributed by atoms with van der Waals surface area (Å²) in [7, 11) is 0. The van der Waals surface area contributed by atoms with E-state index in [0.29, 0.717) is 6.04 Å². The molecule has 3 heteroatoms. The van der Waals surface area contributed by atoms with Gasteiger partial charge in [0.1, 0.15) is 0 Å². The minimum absolute atomic E-state index is 0.638. The van der Waals surface area contributed by atoms with E-state index in [4.69, 9.17) is 0 Å². The highest BCUT2D eigenvalue weighted by molar-refractivity contribution is 7.07. The van der Waals surface area contributed by atoms with Gasteiger partial charge in [0, 0.05) is 24.4 Å². The molecule has 1 aliphatic rings. The van der Waals surface area contributed by atoms with Gasteiger partial charge < -0.3 is 5.32 Å². The first-order valence-corrected chi connectivity index (χ1v) is 7.53. The molecule has 1 unspecified atom stereocenters. The predicted molar refractivity (Wildman–Crippen MR) is 76.1 cm³/mol. The molecule has 18 heavy (non-hydrogen) atoms. The van der Waals surface area contributed by atoms with E-state index in [-0.39, 0.29) is 0 Å². The zero-order valence-electron chi connectivity index (χ0n) is 10.4. The minimum Gasteiger partial charge on any atom is -0.313 e. The van der Waals surface area contributed by atoms with Crippen molar-refractivity contribution in [1.29, 1.82) is 0 Å². The number of benzene rings is 1. The molecule has 1 N–H and O–H groups in total. The largest absolute Gasteiger partial charge is 0.313 e. The third kappa shape index (κ3) is 2.79. The van der Waals surface area contributed by atoms with E-state index in [0.717, 1.165) is 13.0 Å². The fourth-order valence-electron chi connectivity index (χ4n) is 2.64. The molecule has 1 aromatic carbocycles. The lowest BCUT2D eigenvalue weighted by Crippen LogP contribution is -2.35. The zero-order valence-corrected chi connectivity index (χ0v) is 11.2. The fraction of sp³-hybridized carbons (Fsp3) is 0.400. The van der Waals surface area contributed by atoms with Crippen molar-refractivity contribution in [2.45, 2.75) is 31.7 Å². The summed E-state index contributed by atoms with van der Waals surface area (Å²) in [5, 5.41) is 5.80. The van der Waals surface area contributed by atoms with Crippen LogP contribution in [0.2, 0.25) is 0 Å². The molecular weight excluding hydrogens is 240 g/mol. The quantitative estimate of drug-likeness (QED) is 0.912. The Morgan fingerprint density at radius 1 is 1.28 bits per heavy atom. The first-order chi connectivity index (χ1) is 8.92. The number of nitrogens with one attached hydrogen (secondary N) is 1. The number of rotatable bonds is 4. The third-order valence-corrected chi connectivity index (χ3v) is 4.28. The van der Waals surface area contributed by atoms with E-state index in [1.54, 1.807) is 11.3 Å². The topological polar surface area (TPSA) is 24.9 Å². The van der Waals surface area contributed by atoms with E-state index < -0.39 is 0 Å². The smallest absolute Gasteiger partial charge is 0.0794 e. The summed E-state index contributed by atoms with van der Waals surface area (Å²) in [4.78, 5) is 4.31. The molecule has 94 valence electrons. The van der Waals surface area contributed by atoms with Crippen molar-refractivity contribution in [3.63, 3.8) is 0 Å². The fourth-order valence-corrected chi connectivity index (χ4v) is 3.23. The molecule has 1 aliphatic carbocycles. The second kappa shape index (κ2) is 5.63. The molecule has 0 spiro atoms. The summed E-state index contributed by atoms with van der Waals surface area (Å²) in [6.07, 6.45) is 4.69. The van der Waals surface area contributed by atoms with Crippen molar-refractivity contribution in [2.75, 3.05) is 6.54 Å². The number of hydrogen-bond acceptors (Lipinski definition) is 3. The van der Waals surface area contributed by atoms with Crippen molar-refractivity contribution < 1.29 is 0 Å². The van der Waals surface area contributed by atoms with E-state index in [1.807, 2.05) is 5.51 Å². The van der Waals surface area contributed by atoms with Crippen LogP contribution in [-0.4, -0.2) is 17.6 Å². The Labute approximate surface area is 112 Å². The molecule has 1 atom stereocenters. The van der Waals surface area contributed by atoms with Gasteiger partial charge in [-0.15, -0.1) is 11.3 Å².